The predicted octanol–water partition coefficient (Wildman–Crippen LogP) is 3.51. The SMILES string of the molecule is CCCc1csc(C2(C)CCCCO2)n1. The summed E-state index contributed by atoms with van der Waals surface area (Å²) < 4.78 is 5.89. The number of thiazole rings is 1. The van der Waals surface area contributed by atoms with E-state index >= 15 is 0 Å². The van der Waals surface area contributed by atoms with E-state index in [1.165, 1.54) is 30.0 Å². The first-order valence-corrected chi connectivity index (χ1v) is 6.71. The molecule has 2 nitrogen and oxygen atoms in total. The molecule has 1 atom stereocenters. The van der Waals surface area contributed by atoms with Crippen LogP contribution in [-0.4, -0.2) is 11.6 Å². The third-order valence-electron chi connectivity index (χ3n) is 2.98. The Labute approximate surface area is 95.7 Å². The Morgan fingerprint density at radius 1 is 1.53 bits per heavy atom. The number of hydrogen-bond donors (Lipinski definition) is 0. The molecular weight excluding hydrogens is 206 g/mol. The van der Waals surface area contributed by atoms with Gasteiger partial charge in [0.05, 0.1) is 5.69 Å². The van der Waals surface area contributed by atoms with Crippen LogP contribution < -0.4 is 0 Å². The van der Waals surface area contributed by atoms with E-state index < -0.39 is 0 Å². The Bertz CT molecular complexity index is 315. The fourth-order valence-corrected chi connectivity index (χ4v) is 3.02. The average molecular weight is 225 g/mol. The molecule has 1 aromatic rings. The number of nitrogens with zero attached hydrogens (tertiary/aromatic N) is 1. The summed E-state index contributed by atoms with van der Waals surface area (Å²) in [5, 5.41) is 3.35. The molecule has 0 amide bonds. The lowest BCUT2D eigenvalue weighted by Crippen LogP contribution is -2.30. The van der Waals surface area contributed by atoms with Gasteiger partial charge in [-0.2, -0.15) is 0 Å². The molecule has 0 saturated carbocycles. The van der Waals surface area contributed by atoms with Gasteiger partial charge in [-0.05, 0) is 32.6 Å². The van der Waals surface area contributed by atoms with Crippen LogP contribution >= 0.6 is 11.3 Å². The Balaban J connectivity index is 2.12. The number of hydrogen-bond acceptors (Lipinski definition) is 3. The molecule has 0 aromatic carbocycles. The van der Waals surface area contributed by atoms with Crippen LogP contribution in [0.25, 0.3) is 0 Å². The van der Waals surface area contributed by atoms with Gasteiger partial charge in [0.15, 0.2) is 0 Å². The third-order valence-corrected chi connectivity index (χ3v) is 4.12. The first kappa shape index (κ1) is 11.1. The van der Waals surface area contributed by atoms with Crippen molar-refractivity contribution in [1.82, 2.24) is 4.98 Å². The minimum Gasteiger partial charge on any atom is -0.368 e. The first-order valence-electron chi connectivity index (χ1n) is 5.83. The standard InChI is InChI=1S/C12H19NOS/c1-3-6-10-9-15-11(13-10)12(2)7-4-5-8-14-12/h9H,3-8H2,1-2H3. The Hall–Kier alpha value is -0.410. The summed E-state index contributed by atoms with van der Waals surface area (Å²) in [5.41, 5.74) is 1.13. The average Bonchev–Trinajstić information content (AvgIpc) is 2.69. The van der Waals surface area contributed by atoms with Gasteiger partial charge in [-0.15, -0.1) is 11.3 Å². The minimum absolute atomic E-state index is 0.102. The van der Waals surface area contributed by atoms with Crippen molar-refractivity contribution in [3.05, 3.63) is 16.1 Å². The van der Waals surface area contributed by atoms with Crippen molar-refractivity contribution in [1.29, 1.82) is 0 Å². The number of aromatic nitrogens is 1. The van der Waals surface area contributed by atoms with Gasteiger partial charge in [0, 0.05) is 12.0 Å². The molecule has 1 unspecified atom stereocenters. The van der Waals surface area contributed by atoms with Gasteiger partial charge in [0.25, 0.3) is 0 Å². The predicted molar refractivity (Wildman–Crippen MR) is 63.3 cm³/mol. The normalized spacial score (nSPS) is 26.8. The third kappa shape index (κ3) is 2.40. The summed E-state index contributed by atoms with van der Waals surface area (Å²) in [6, 6.07) is 0. The zero-order chi connectivity index (χ0) is 10.7. The molecule has 2 rings (SSSR count). The first-order chi connectivity index (χ1) is 7.24. The van der Waals surface area contributed by atoms with E-state index in [2.05, 4.69) is 24.2 Å². The molecular formula is C12H19NOS. The van der Waals surface area contributed by atoms with E-state index in [9.17, 15) is 0 Å². The molecule has 0 radical (unpaired) electrons. The van der Waals surface area contributed by atoms with Crippen molar-refractivity contribution in [3.8, 4) is 0 Å². The second-order valence-electron chi connectivity index (χ2n) is 4.43. The molecule has 0 N–H and O–H groups in total. The van der Waals surface area contributed by atoms with Gasteiger partial charge in [-0.1, -0.05) is 13.3 Å². The minimum atomic E-state index is -0.102. The summed E-state index contributed by atoms with van der Waals surface area (Å²) in [6.07, 6.45) is 5.83. The molecule has 3 heteroatoms. The van der Waals surface area contributed by atoms with Crippen LogP contribution in [0, 0.1) is 0 Å². The quantitative estimate of drug-likeness (QED) is 0.785. The topological polar surface area (TPSA) is 22.1 Å². The zero-order valence-corrected chi connectivity index (χ0v) is 10.4. The lowest BCUT2D eigenvalue weighted by atomic mass is 9.97. The van der Waals surface area contributed by atoms with Crippen molar-refractivity contribution in [3.63, 3.8) is 0 Å². The molecule has 0 aliphatic carbocycles. The largest absolute Gasteiger partial charge is 0.368 e. The van der Waals surface area contributed by atoms with Crippen LogP contribution in [0.15, 0.2) is 5.38 Å². The second kappa shape index (κ2) is 4.62. The molecule has 1 fully saturated rings. The highest BCUT2D eigenvalue weighted by Crippen LogP contribution is 2.36. The molecule has 0 bridgehead atoms. The lowest BCUT2D eigenvalue weighted by molar-refractivity contribution is -0.0702. The van der Waals surface area contributed by atoms with Crippen molar-refractivity contribution < 1.29 is 4.74 Å². The van der Waals surface area contributed by atoms with Crippen molar-refractivity contribution >= 4 is 11.3 Å². The molecule has 84 valence electrons. The van der Waals surface area contributed by atoms with E-state index in [-0.39, 0.29) is 5.60 Å². The fraction of sp³-hybridized carbons (Fsp3) is 0.750. The van der Waals surface area contributed by atoms with Crippen LogP contribution in [0.4, 0.5) is 0 Å². The Morgan fingerprint density at radius 2 is 2.40 bits per heavy atom. The van der Waals surface area contributed by atoms with E-state index in [1.807, 2.05) is 0 Å². The summed E-state index contributed by atoms with van der Waals surface area (Å²) in [7, 11) is 0. The van der Waals surface area contributed by atoms with Gasteiger partial charge in [0.2, 0.25) is 0 Å². The van der Waals surface area contributed by atoms with Crippen LogP contribution in [-0.2, 0) is 16.8 Å². The molecule has 1 aliphatic rings. The zero-order valence-electron chi connectivity index (χ0n) is 9.58. The lowest BCUT2D eigenvalue weighted by Gasteiger charge is -2.31. The van der Waals surface area contributed by atoms with E-state index in [1.54, 1.807) is 11.3 Å². The van der Waals surface area contributed by atoms with Crippen LogP contribution in [0.1, 0.15) is 50.2 Å². The summed E-state index contributed by atoms with van der Waals surface area (Å²) in [4.78, 5) is 4.69. The van der Waals surface area contributed by atoms with Gasteiger partial charge < -0.3 is 4.74 Å². The summed E-state index contributed by atoms with van der Waals surface area (Å²) >= 11 is 1.76. The van der Waals surface area contributed by atoms with Crippen LogP contribution in [0.5, 0.6) is 0 Å². The maximum absolute atomic E-state index is 5.89. The smallest absolute Gasteiger partial charge is 0.125 e. The van der Waals surface area contributed by atoms with Gasteiger partial charge >= 0.3 is 0 Å². The highest BCUT2D eigenvalue weighted by atomic mass is 32.1. The second-order valence-corrected chi connectivity index (χ2v) is 5.29. The Kier molecular flexibility index (Phi) is 3.42. The molecule has 1 aromatic heterocycles. The van der Waals surface area contributed by atoms with Gasteiger partial charge in [0.1, 0.15) is 10.6 Å². The Morgan fingerprint density at radius 3 is 3.07 bits per heavy atom. The van der Waals surface area contributed by atoms with Crippen LogP contribution in [0.2, 0.25) is 0 Å². The maximum Gasteiger partial charge on any atom is 0.125 e. The van der Waals surface area contributed by atoms with Gasteiger partial charge in [-0.3, -0.25) is 0 Å². The highest BCUT2D eigenvalue weighted by molar-refractivity contribution is 7.09. The molecule has 0 spiro atoms. The monoisotopic (exact) mass is 225 g/mol. The molecule has 2 heterocycles. The van der Waals surface area contributed by atoms with Crippen molar-refractivity contribution in [2.75, 3.05) is 6.61 Å². The number of aryl methyl sites for hydroxylation is 1. The van der Waals surface area contributed by atoms with Gasteiger partial charge in [-0.25, -0.2) is 4.98 Å². The van der Waals surface area contributed by atoms with Crippen molar-refractivity contribution in [2.24, 2.45) is 0 Å². The van der Waals surface area contributed by atoms with Crippen LogP contribution in [0.3, 0.4) is 0 Å². The molecule has 1 saturated heterocycles. The number of rotatable bonds is 3. The van der Waals surface area contributed by atoms with E-state index in [4.69, 9.17) is 4.74 Å². The summed E-state index contributed by atoms with van der Waals surface area (Å²) in [6.45, 7) is 5.26. The fourth-order valence-electron chi connectivity index (χ4n) is 2.02. The van der Waals surface area contributed by atoms with Crippen molar-refractivity contribution in [2.45, 2.75) is 51.6 Å². The molecule has 1 aliphatic heterocycles. The number of ether oxygens (including phenoxy) is 1. The van der Waals surface area contributed by atoms with E-state index in [0.717, 1.165) is 19.4 Å². The maximum atomic E-state index is 5.89. The summed E-state index contributed by atoms with van der Waals surface area (Å²) in [5.74, 6) is 0. The molecule has 15 heavy (non-hydrogen) atoms. The van der Waals surface area contributed by atoms with E-state index in [0.29, 0.717) is 0 Å². The highest BCUT2D eigenvalue weighted by Gasteiger charge is 2.32.